The van der Waals surface area contributed by atoms with E-state index in [1.807, 2.05) is 30.3 Å². The van der Waals surface area contributed by atoms with Crippen LogP contribution in [-0.2, 0) is 16.1 Å². The number of nitrogens with one attached hydrogen (secondary N) is 1. The van der Waals surface area contributed by atoms with Crippen LogP contribution in [0.3, 0.4) is 0 Å². The van der Waals surface area contributed by atoms with Crippen molar-refractivity contribution in [3.8, 4) is 0 Å². The fourth-order valence-corrected chi connectivity index (χ4v) is 3.49. The lowest BCUT2D eigenvalue weighted by molar-refractivity contribution is -0.132. The molecule has 7 heteroatoms. The van der Waals surface area contributed by atoms with Crippen LogP contribution in [0.5, 0.6) is 0 Å². The predicted octanol–water partition coefficient (Wildman–Crippen LogP) is 4.03. The quantitative estimate of drug-likeness (QED) is 0.895. The molecule has 2 aliphatic rings. The Morgan fingerprint density at radius 1 is 1.42 bits per heavy atom. The first-order chi connectivity index (χ1) is 12.5. The molecule has 1 fully saturated rings. The summed E-state index contributed by atoms with van der Waals surface area (Å²) < 4.78 is 28.9. The van der Waals surface area contributed by atoms with Gasteiger partial charge < -0.3 is 15.0 Å². The largest absolute Gasteiger partial charge is 0.345 e. The third-order valence-corrected chi connectivity index (χ3v) is 4.95. The zero-order valence-corrected chi connectivity index (χ0v) is 14.3. The third-order valence-electron chi connectivity index (χ3n) is 4.95. The third kappa shape index (κ3) is 3.26. The Kier molecular flexibility index (Phi) is 4.32. The summed E-state index contributed by atoms with van der Waals surface area (Å²) in [6.45, 7) is -0.700. The van der Waals surface area contributed by atoms with Gasteiger partial charge >= 0.3 is 6.61 Å². The molecular weight excluding hydrogens is 340 g/mol. The first-order valence-electron chi connectivity index (χ1n) is 8.55. The zero-order chi connectivity index (χ0) is 18.3. The monoisotopic (exact) mass is 359 g/mol. The lowest BCUT2D eigenvalue weighted by atomic mass is 10.1. The highest BCUT2D eigenvalue weighted by Gasteiger charge is 2.39. The number of halogens is 2. The molecule has 1 N–H and O–H groups in total. The average molecular weight is 359 g/mol. The topological polar surface area (TPSA) is 54.5 Å². The van der Waals surface area contributed by atoms with Gasteiger partial charge in [-0.15, -0.1) is 0 Å². The molecule has 1 amide bonds. The first kappa shape index (κ1) is 16.9. The summed E-state index contributed by atoms with van der Waals surface area (Å²) in [6.07, 6.45) is 2.53. The molecule has 0 bridgehead atoms. The molecule has 26 heavy (non-hydrogen) atoms. The van der Waals surface area contributed by atoms with Crippen molar-refractivity contribution in [1.29, 1.82) is 0 Å². The van der Waals surface area contributed by atoms with Crippen molar-refractivity contribution in [2.75, 3.05) is 16.8 Å². The number of amides is 1. The minimum atomic E-state index is -2.73. The van der Waals surface area contributed by atoms with Gasteiger partial charge in [-0.25, -0.2) is 4.98 Å². The summed E-state index contributed by atoms with van der Waals surface area (Å²) in [5.74, 6) is 0.970. The van der Waals surface area contributed by atoms with Crippen LogP contribution in [0, 0.1) is 5.92 Å². The average Bonchev–Trinajstić information content (AvgIpc) is 3.40. The summed E-state index contributed by atoms with van der Waals surface area (Å²) in [6, 6.07) is 9.66. The van der Waals surface area contributed by atoms with E-state index in [1.54, 1.807) is 11.1 Å². The van der Waals surface area contributed by atoms with Crippen LogP contribution in [0.4, 0.5) is 26.0 Å². The molecule has 0 spiro atoms. The molecule has 4 rings (SSSR count). The van der Waals surface area contributed by atoms with Crippen molar-refractivity contribution in [1.82, 2.24) is 4.98 Å². The predicted molar refractivity (Wildman–Crippen MR) is 93.6 cm³/mol. The number of fused-ring (bicyclic) bond motifs is 2. The molecule has 2 heterocycles. The number of carbonyl (C=O) groups excluding carboxylic acids is 1. The molecule has 136 valence electrons. The van der Waals surface area contributed by atoms with E-state index in [9.17, 15) is 13.6 Å². The van der Waals surface area contributed by atoms with E-state index < -0.39 is 6.61 Å². The lowest BCUT2D eigenvalue weighted by Gasteiger charge is -2.22. The second-order valence-electron chi connectivity index (χ2n) is 6.71. The van der Waals surface area contributed by atoms with Gasteiger partial charge in [-0.1, -0.05) is 12.1 Å². The number of hydrogen-bond acceptors (Lipinski definition) is 4. The van der Waals surface area contributed by atoms with E-state index in [1.165, 1.54) is 6.92 Å². The molecule has 1 aliphatic heterocycles. The van der Waals surface area contributed by atoms with E-state index in [0.29, 0.717) is 6.54 Å². The molecule has 1 saturated carbocycles. The fraction of sp³-hybridized carbons (Fsp3) is 0.368. The maximum atomic E-state index is 12.2. The molecule has 2 atom stereocenters. The molecule has 1 aromatic heterocycles. The summed E-state index contributed by atoms with van der Waals surface area (Å²) in [5.41, 5.74) is 3.57. The Hall–Kier alpha value is -2.54. The van der Waals surface area contributed by atoms with Crippen LogP contribution in [0.2, 0.25) is 0 Å². The van der Waals surface area contributed by atoms with Gasteiger partial charge in [-0.05, 0) is 42.0 Å². The second kappa shape index (κ2) is 6.64. The van der Waals surface area contributed by atoms with Gasteiger partial charge in [0.25, 0.3) is 0 Å². The molecule has 1 aromatic carbocycles. The maximum Gasteiger partial charge on any atom is 0.345 e. The molecular formula is C19H19F2N3O2. The molecule has 1 aliphatic carbocycles. The van der Waals surface area contributed by atoms with Crippen molar-refractivity contribution < 1.29 is 18.3 Å². The molecule has 0 radical (unpaired) electrons. The highest BCUT2D eigenvalue weighted by molar-refractivity contribution is 5.97. The number of hydrogen-bond donors (Lipinski definition) is 1. The number of aromatic nitrogens is 1. The van der Waals surface area contributed by atoms with Crippen LogP contribution in [0.1, 0.15) is 30.4 Å². The summed E-state index contributed by atoms with van der Waals surface area (Å²) >= 11 is 0. The number of nitrogens with zero attached hydrogens (tertiary/aromatic N) is 2. The Balaban J connectivity index is 1.62. The van der Waals surface area contributed by atoms with Gasteiger partial charge in [0.2, 0.25) is 5.91 Å². The number of benzene rings is 1. The van der Waals surface area contributed by atoms with Crippen molar-refractivity contribution in [2.45, 2.75) is 32.4 Å². The van der Waals surface area contributed by atoms with Crippen LogP contribution in [0.25, 0.3) is 0 Å². The van der Waals surface area contributed by atoms with E-state index in [2.05, 4.69) is 15.0 Å². The highest BCUT2D eigenvalue weighted by Crippen LogP contribution is 2.49. The van der Waals surface area contributed by atoms with Gasteiger partial charge in [0, 0.05) is 18.7 Å². The highest BCUT2D eigenvalue weighted by atomic mass is 19.3. The van der Waals surface area contributed by atoms with Crippen LogP contribution in [0.15, 0.2) is 36.5 Å². The summed E-state index contributed by atoms with van der Waals surface area (Å²) in [4.78, 5) is 18.3. The van der Waals surface area contributed by atoms with Gasteiger partial charge in [-0.3, -0.25) is 4.79 Å². The van der Waals surface area contributed by atoms with E-state index in [0.717, 1.165) is 34.7 Å². The van der Waals surface area contributed by atoms with Gasteiger partial charge in [0.15, 0.2) is 0 Å². The Morgan fingerprint density at radius 3 is 3.04 bits per heavy atom. The maximum absolute atomic E-state index is 12.2. The SMILES string of the molecule is CC(=O)N1Cc2cccnc2Nc2ccc(C3CC3COC(F)F)cc21. The van der Waals surface area contributed by atoms with Crippen LogP contribution >= 0.6 is 0 Å². The minimum Gasteiger partial charge on any atom is -0.338 e. The first-order valence-corrected chi connectivity index (χ1v) is 8.55. The van der Waals surface area contributed by atoms with Crippen molar-refractivity contribution >= 4 is 23.1 Å². The molecule has 2 aromatic rings. The standard InChI is InChI=1S/C19H19F2N3O2/c1-11(25)24-9-13-3-2-6-22-18(13)23-16-5-4-12(8-17(16)24)15-7-14(15)10-26-19(20)21/h2-6,8,14-15,19H,7,9-10H2,1H3,(H,22,23). The van der Waals surface area contributed by atoms with Gasteiger partial charge in [0.05, 0.1) is 24.5 Å². The van der Waals surface area contributed by atoms with Gasteiger partial charge in [-0.2, -0.15) is 8.78 Å². The Bertz CT molecular complexity index is 843. The number of ether oxygens (including phenoxy) is 1. The fourth-order valence-electron chi connectivity index (χ4n) is 3.49. The van der Waals surface area contributed by atoms with Crippen molar-refractivity contribution in [3.05, 3.63) is 47.7 Å². The smallest absolute Gasteiger partial charge is 0.338 e. The van der Waals surface area contributed by atoms with Gasteiger partial charge in [0.1, 0.15) is 5.82 Å². The van der Waals surface area contributed by atoms with E-state index in [-0.39, 0.29) is 24.3 Å². The zero-order valence-electron chi connectivity index (χ0n) is 14.3. The number of rotatable bonds is 4. The summed E-state index contributed by atoms with van der Waals surface area (Å²) in [7, 11) is 0. The van der Waals surface area contributed by atoms with E-state index >= 15 is 0 Å². The van der Waals surface area contributed by atoms with E-state index in [4.69, 9.17) is 0 Å². The number of alkyl halides is 2. The normalized spacial score (nSPS) is 20.8. The van der Waals surface area contributed by atoms with Crippen LogP contribution in [-0.4, -0.2) is 24.1 Å². The molecule has 5 nitrogen and oxygen atoms in total. The number of anilines is 3. The minimum absolute atomic E-state index is 0.0590. The van der Waals surface area contributed by atoms with Crippen molar-refractivity contribution in [3.63, 3.8) is 0 Å². The molecule has 2 unspecified atom stereocenters. The second-order valence-corrected chi connectivity index (χ2v) is 6.71. The summed E-state index contributed by atoms with van der Waals surface area (Å²) in [5, 5.41) is 3.30. The van der Waals surface area contributed by atoms with Crippen molar-refractivity contribution in [2.24, 2.45) is 5.92 Å². The number of carbonyl (C=O) groups is 1. The molecule has 0 saturated heterocycles. The Labute approximate surface area is 150 Å². The Morgan fingerprint density at radius 2 is 2.27 bits per heavy atom. The lowest BCUT2D eigenvalue weighted by Crippen LogP contribution is -2.27. The number of pyridine rings is 1. The van der Waals surface area contributed by atoms with Crippen LogP contribution < -0.4 is 10.2 Å².